The van der Waals surface area contributed by atoms with E-state index in [0.29, 0.717) is 65.6 Å². The Morgan fingerprint density at radius 1 is 1.14 bits per heavy atom. The monoisotopic (exact) mass is 584 g/mol. The summed E-state index contributed by atoms with van der Waals surface area (Å²) in [7, 11) is 1.85. The molecule has 1 amide bonds. The van der Waals surface area contributed by atoms with Crippen molar-refractivity contribution in [3.63, 3.8) is 0 Å². The average molecular weight is 585 g/mol. The molecule has 1 aliphatic rings. The van der Waals surface area contributed by atoms with Crippen LogP contribution in [0.25, 0.3) is 16.6 Å². The number of carbonyl (C=O) groups is 1. The first-order valence-electron chi connectivity index (χ1n) is 14.6. The Bertz CT molecular complexity index is 1940. The van der Waals surface area contributed by atoms with Crippen molar-refractivity contribution in [1.29, 1.82) is 10.5 Å². The van der Waals surface area contributed by atoms with Gasteiger partial charge in [0.15, 0.2) is 0 Å². The van der Waals surface area contributed by atoms with Gasteiger partial charge in [0.25, 0.3) is 0 Å². The molecule has 2 aromatic carbocycles. The number of hydrogen-bond donors (Lipinski definition) is 1. The second kappa shape index (κ2) is 11.4. The zero-order valence-electron chi connectivity index (χ0n) is 24.9. The van der Waals surface area contributed by atoms with Crippen LogP contribution in [0.1, 0.15) is 59.0 Å². The van der Waals surface area contributed by atoms with Crippen molar-refractivity contribution < 1.29 is 9.90 Å². The number of amides is 1. The first-order valence-corrected chi connectivity index (χ1v) is 14.6. The summed E-state index contributed by atoms with van der Waals surface area (Å²) in [5.41, 5.74) is 4.08. The third kappa shape index (κ3) is 4.89. The highest BCUT2D eigenvalue weighted by atomic mass is 16.3. The van der Waals surface area contributed by atoms with Crippen molar-refractivity contribution in [2.75, 3.05) is 13.1 Å². The van der Waals surface area contributed by atoms with Crippen LogP contribution in [0.15, 0.2) is 67.4 Å². The average Bonchev–Trinajstić information content (AvgIpc) is 3.73. The minimum atomic E-state index is -1.43. The van der Waals surface area contributed by atoms with Crippen molar-refractivity contribution in [2.45, 2.75) is 38.7 Å². The van der Waals surface area contributed by atoms with E-state index in [2.05, 4.69) is 22.2 Å². The highest BCUT2D eigenvalue weighted by Crippen LogP contribution is 2.43. The number of fused-ring (bicyclic) bond motifs is 1. The lowest BCUT2D eigenvalue weighted by molar-refractivity contribution is -0.131. The summed E-state index contributed by atoms with van der Waals surface area (Å²) >= 11 is 0. The van der Waals surface area contributed by atoms with E-state index in [1.165, 1.54) is 0 Å². The summed E-state index contributed by atoms with van der Waals surface area (Å²) in [6.07, 6.45) is 8.47. The van der Waals surface area contributed by atoms with Crippen LogP contribution in [0.5, 0.6) is 0 Å². The summed E-state index contributed by atoms with van der Waals surface area (Å²) in [6, 6.07) is 18.0. The van der Waals surface area contributed by atoms with E-state index in [4.69, 9.17) is 4.98 Å². The first kappa shape index (κ1) is 28.8. The van der Waals surface area contributed by atoms with Crippen LogP contribution in [0, 0.1) is 35.5 Å². The molecule has 220 valence electrons. The SMILES string of the molecule is CC(=O)N1CCC(C(O)(c2cc(C)c3nc(C#N)c(Cc4ccc(-n5cccn5)cc4)c(C#N)c3c2)c2cncn2C)CC1. The number of pyridine rings is 1. The van der Waals surface area contributed by atoms with E-state index in [-0.39, 0.29) is 17.5 Å². The van der Waals surface area contributed by atoms with Gasteiger partial charge in [0, 0.05) is 62.7 Å². The Balaban J connectivity index is 1.48. The maximum atomic E-state index is 12.7. The minimum absolute atomic E-state index is 0.0238. The van der Waals surface area contributed by atoms with Gasteiger partial charge in [0.05, 0.1) is 35.0 Å². The van der Waals surface area contributed by atoms with Crippen LogP contribution in [-0.2, 0) is 23.9 Å². The largest absolute Gasteiger partial charge is 0.378 e. The standard InChI is InChI=1S/C34H32N8O2/c1-22-15-26(34(44,32-20-37-21-40(32)3)25-9-13-41(14-10-25)23(2)43)17-29-30(18-35)28(31(19-36)39-33(22)29)16-24-5-7-27(8-6-24)42-12-4-11-38-42/h4-8,11-12,15,17,20-21,25,44H,9-10,13-14,16H2,1-3H3. The number of benzene rings is 2. The maximum absolute atomic E-state index is 12.7. The number of rotatable bonds is 6. The first-order chi connectivity index (χ1) is 21.2. The molecule has 10 nitrogen and oxygen atoms in total. The summed E-state index contributed by atoms with van der Waals surface area (Å²) in [5, 5.41) is 38.2. The number of imidazole rings is 1. The van der Waals surface area contributed by atoms with Gasteiger partial charge in [0.2, 0.25) is 5.91 Å². The predicted octanol–water partition coefficient (Wildman–Crippen LogP) is 4.29. The van der Waals surface area contributed by atoms with Gasteiger partial charge < -0.3 is 14.6 Å². The molecule has 1 N–H and O–H groups in total. The number of hydrogen-bond acceptors (Lipinski definition) is 7. The van der Waals surface area contributed by atoms with Crippen LogP contribution in [0.2, 0.25) is 0 Å². The molecule has 0 spiro atoms. The molecule has 1 atom stereocenters. The second-order valence-corrected chi connectivity index (χ2v) is 11.5. The smallest absolute Gasteiger partial charge is 0.219 e. The summed E-state index contributed by atoms with van der Waals surface area (Å²) < 4.78 is 3.58. The van der Waals surface area contributed by atoms with Crippen molar-refractivity contribution >= 4 is 16.8 Å². The van der Waals surface area contributed by atoms with E-state index in [9.17, 15) is 20.4 Å². The quantitative estimate of drug-likeness (QED) is 0.314. The van der Waals surface area contributed by atoms with E-state index in [0.717, 1.165) is 16.8 Å². The van der Waals surface area contributed by atoms with Crippen molar-refractivity contribution in [2.24, 2.45) is 13.0 Å². The molecule has 0 bridgehead atoms. The van der Waals surface area contributed by atoms with Crippen molar-refractivity contribution in [3.05, 3.63) is 107 Å². The number of piperidine rings is 1. The molecule has 0 radical (unpaired) electrons. The normalized spacial score (nSPS) is 15.1. The Labute approximate surface area is 255 Å². The fourth-order valence-electron chi connectivity index (χ4n) is 6.51. The van der Waals surface area contributed by atoms with Gasteiger partial charge in [0.1, 0.15) is 23.4 Å². The van der Waals surface area contributed by atoms with E-state index < -0.39 is 5.60 Å². The molecule has 6 rings (SSSR count). The van der Waals surface area contributed by atoms with E-state index in [1.54, 1.807) is 35.2 Å². The van der Waals surface area contributed by atoms with Gasteiger partial charge in [-0.15, -0.1) is 0 Å². The van der Waals surface area contributed by atoms with Gasteiger partial charge >= 0.3 is 0 Å². The molecule has 44 heavy (non-hydrogen) atoms. The molecule has 1 unspecified atom stereocenters. The van der Waals surface area contributed by atoms with E-state index >= 15 is 0 Å². The molecule has 1 saturated heterocycles. The predicted molar refractivity (Wildman–Crippen MR) is 163 cm³/mol. The molecule has 5 aromatic rings. The molecule has 0 aliphatic carbocycles. The van der Waals surface area contributed by atoms with Crippen LogP contribution in [0.3, 0.4) is 0 Å². The maximum Gasteiger partial charge on any atom is 0.219 e. The van der Waals surface area contributed by atoms with Crippen LogP contribution in [0.4, 0.5) is 0 Å². The Morgan fingerprint density at radius 3 is 2.48 bits per heavy atom. The number of nitrogens with zero attached hydrogens (tertiary/aromatic N) is 8. The number of aryl methyl sites for hydroxylation is 2. The fourth-order valence-corrected chi connectivity index (χ4v) is 6.51. The minimum Gasteiger partial charge on any atom is -0.378 e. The van der Waals surface area contributed by atoms with Gasteiger partial charge in [-0.2, -0.15) is 15.6 Å². The van der Waals surface area contributed by atoms with Gasteiger partial charge in [-0.3, -0.25) is 4.79 Å². The number of likely N-dealkylation sites (tertiary alicyclic amines) is 1. The molecule has 1 fully saturated rings. The number of aliphatic hydroxyl groups is 1. The van der Waals surface area contributed by atoms with Crippen LogP contribution < -0.4 is 0 Å². The van der Waals surface area contributed by atoms with Crippen molar-refractivity contribution in [1.82, 2.24) is 29.2 Å². The van der Waals surface area contributed by atoms with Crippen molar-refractivity contribution in [3.8, 4) is 17.8 Å². The molecular weight excluding hydrogens is 552 g/mol. The zero-order chi connectivity index (χ0) is 31.0. The Hall–Kier alpha value is -5.32. The lowest BCUT2D eigenvalue weighted by Gasteiger charge is -2.42. The Kier molecular flexibility index (Phi) is 7.46. The van der Waals surface area contributed by atoms with Crippen LogP contribution in [-0.4, -0.2) is 53.3 Å². The van der Waals surface area contributed by atoms with Gasteiger partial charge in [-0.1, -0.05) is 18.2 Å². The molecule has 10 heteroatoms. The highest BCUT2D eigenvalue weighted by molar-refractivity contribution is 5.90. The molecule has 0 saturated carbocycles. The number of aromatic nitrogens is 5. The van der Waals surface area contributed by atoms with Gasteiger partial charge in [-0.25, -0.2) is 14.6 Å². The summed E-state index contributed by atoms with van der Waals surface area (Å²) in [6.45, 7) is 4.55. The third-order valence-electron chi connectivity index (χ3n) is 8.86. The molecule has 1 aliphatic heterocycles. The third-order valence-corrected chi connectivity index (χ3v) is 8.86. The highest BCUT2D eigenvalue weighted by Gasteiger charge is 2.44. The summed E-state index contributed by atoms with van der Waals surface area (Å²) in [5.74, 6) is -0.175. The van der Waals surface area contributed by atoms with Gasteiger partial charge in [-0.05, 0) is 60.7 Å². The summed E-state index contributed by atoms with van der Waals surface area (Å²) in [4.78, 5) is 22.9. The molecular formula is C34H32N8O2. The fraction of sp³-hybridized carbons (Fsp3) is 0.294. The lowest BCUT2D eigenvalue weighted by Crippen LogP contribution is -2.46. The number of nitriles is 2. The van der Waals surface area contributed by atoms with Crippen LogP contribution >= 0.6 is 0 Å². The van der Waals surface area contributed by atoms with E-state index in [1.807, 2.05) is 67.2 Å². The number of carbonyl (C=O) groups excluding carboxylic acids is 1. The zero-order valence-corrected chi connectivity index (χ0v) is 24.9. The topological polar surface area (TPSA) is 137 Å². The molecule has 4 heterocycles. The second-order valence-electron chi connectivity index (χ2n) is 11.5. The Morgan fingerprint density at radius 2 is 1.89 bits per heavy atom. The lowest BCUT2D eigenvalue weighted by atomic mass is 9.73. The molecule has 3 aromatic heterocycles.